The molecule has 2 amide bonds. The van der Waals surface area contributed by atoms with Gasteiger partial charge in [-0.3, -0.25) is 13.9 Å². The van der Waals surface area contributed by atoms with Crippen LogP contribution in [0.3, 0.4) is 0 Å². The Labute approximate surface area is 232 Å². The molecule has 1 N–H and O–H groups in total. The smallest absolute Gasteiger partial charge is 0.242 e. The van der Waals surface area contributed by atoms with Gasteiger partial charge in [0, 0.05) is 30.6 Å². The number of halogens is 1. The van der Waals surface area contributed by atoms with Gasteiger partial charge in [-0.25, -0.2) is 8.42 Å². The lowest BCUT2D eigenvalue weighted by atomic mass is 9.95. The lowest BCUT2D eigenvalue weighted by molar-refractivity contribution is -0.141. The van der Waals surface area contributed by atoms with Crippen molar-refractivity contribution in [1.82, 2.24) is 10.2 Å². The van der Waals surface area contributed by atoms with Crippen molar-refractivity contribution in [3.8, 4) is 0 Å². The van der Waals surface area contributed by atoms with Crippen LogP contribution in [0, 0.1) is 13.8 Å². The minimum Gasteiger partial charge on any atom is -0.352 e. The van der Waals surface area contributed by atoms with E-state index in [9.17, 15) is 18.0 Å². The monoisotopic (exact) mass is 561 g/mol. The Morgan fingerprint density at radius 2 is 1.74 bits per heavy atom. The van der Waals surface area contributed by atoms with Gasteiger partial charge in [0.25, 0.3) is 0 Å². The average Bonchev–Trinajstić information content (AvgIpc) is 2.87. The molecule has 1 fully saturated rings. The molecule has 1 aliphatic rings. The fourth-order valence-electron chi connectivity index (χ4n) is 4.96. The highest BCUT2D eigenvalue weighted by Gasteiger charge is 2.29. The Hall–Kier alpha value is -2.58. The maximum absolute atomic E-state index is 13.5. The lowest BCUT2D eigenvalue weighted by Crippen LogP contribution is -2.50. The van der Waals surface area contributed by atoms with Gasteiger partial charge < -0.3 is 10.2 Å². The Morgan fingerprint density at radius 1 is 1.05 bits per heavy atom. The number of anilines is 1. The van der Waals surface area contributed by atoms with E-state index in [-0.39, 0.29) is 30.8 Å². The first-order valence-corrected chi connectivity index (χ1v) is 15.6. The van der Waals surface area contributed by atoms with Crippen molar-refractivity contribution in [2.45, 2.75) is 84.3 Å². The van der Waals surface area contributed by atoms with Crippen LogP contribution < -0.4 is 9.62 Å². The predicted octanol–water partition coefficient (Wildman–Crippen LogP) is 5.37. The first-order valence-electron chi connectivity index (χ1n) is 13.4. The largest absolute Gasteiger partial charge is 0.352 e. The molecule has 1 atom stereocenters. The fraction of sp³-hybridized carbons (Fsp3) is 0.517. The third kappa shape index (κ3) is 8.21. The van der Waals surface area contributed by atoms with Crippen LogP contribution in [0.1, 0.15) is 68.6 Å². The molecule has 0 aromatic heterocycles. The number of nitrogens with zero attached hydrogens (tertiary/aromatic N) is 2. The summed E-state index contributed by atoms with van der Waals surface area (Å²) in [5.74, 6) is -0.332. The molecule has 1 aliphatic carbocycles. The highest BCUT2D eigenvalue weighted by Crippen LogP contribution is 2.27. The summed E-state index contributed by atoms with van der Waals surface area (Å²) in [6.07, 6.45) is 6.90. The molecule has 208 valence electrons. The minimum absolute atomic E-state index is 0.110. The van der Waals surface area contributed by atoms with Gasteiger partial charge in [-0.2, -0.15) is 0 Å². The maximum Gasteiger partial charge on any atom is 0.242 e. The molecule has 0 saturated heterocycles. The van der Waals surface area contributed by atoms with E-state index in [0.29, 0.717) is 23.7 Å². The highest BCUT2D eigenvalue weighted by molar-refractivity contribution is 7.92. The second-order valence-electron chi connectivity index (χ2n) is 10.3. The van der Waals surface area contributed by atoms with E-state index in [1.54, 1.807) is 30.0 Å². The first-order chi connectivity index (χ1) is 18.0. The van der Waals surface area contributed by atoms with Crippen LogP contribution in [0.4, 0.5) is 5.69 Å². The molecular formula is C29H40ClN3O4S. The molecule has 0 heterocycles. The zero-order chi connectivity index (χ0) is 27.9. The van der Waals surface area contributed by atoms with E-state index < -0.39 is 16.1 Å². The summed E-state index contributed by atoms with van der Waals surface area (Å²) in [6, 6.07) is 12.4. The zero-order valence-electron chi connectivity index (χ0n) is 22.9. The minimum atomic E-state index is -3.59. The molecule has 3 rings (SSSR count). The Kier molecular flexibility index (Phi) is 10.6. The average molecular weight is 562 g/mol. The molecule has 0 bridgehead atoms. The van der Waals surface area contributed by atoms with Crippen molar-refractivity contribution < 1.29 is 18.0 Å². The third-order valence-corrected chi connectivity index (χ3v) is 8.73. The van der Waals surface area contributed by atoms with Gasteiger partial charge in [-0.15, -0.1) is 0 Å². The molecule has 0 spiro atoms. The molecule has 0 radical (unpaired) electrons. The van der Waals surface area contributed by atoms with Crippen LogP contribution in [0.15, 0.2) is 42.5 Å². The summed E-state index contributed by atoms with van der Waals surface area (Å²) in [6.45, 7) is 6.03. The van der Waals surface area contributed by atoms with E-state index in [2.05, 4.69) is 5.32 Å². The van der Waals surface area contributed by atoms with Gasteiger partial charge in [-0.1, -0.05) is 61.2 Å². The van der Waals surface area contributed by atoms with E-state index >= 15 is 0 Å². The summed E-state index contributed by atoms with van der Waals surface area (Å²) in [5.41, 5.74) is 3.31. The van der Waals surface area contributed by atoms with Crippen molar-refractivity contribution in [3.63, 3.8) is 0 Å². The van der Waals surface area contributed by atoms with Crippen LogP contribution >= 0.6 is 11.6 Å². The molecular weight excluding hydrogens is 522 g/mol. The number of hydrogen-bond donors (Lipinski definition) is 1. The highest BCUT2D eigenvalue weighted by atomic mass is 35.5. The molecule has 2 aromatic carbocycles. The summed E-state index contributed by atoms with van der Waals surface area (Å²) >= 11 is 6.14. The number of carbonyl (C=O) groups excluding carboxylic acids is 2. The second-order valence-corrected chi connectivity index (χ2v) is 12.7. The van der Waals surface area contributed by atoms with Crippen molar-refractivity contribution in [1.29, 1.82) is 0 Å². The lowest BCUT2D eigenvalue weighted by Gasteiger charge is -2.32. The zero-order valence-corrected chi connectivity index (χ0v) is 24.4. The number of hydrogen-bond acceptors (Lipinski definition) is 4. The van der Waals surface area contributed by atoms with E-state index in [4.69, 9.17) is 11.6 Å². The Bertz CT molecular complexity index is 1230. The molecule has 0 unspecified atom stereocenters. The van der Waals surface area contributed by atoms with Crippen molar-refractivity contribution in [2.75, 3.05) is 17.1 Å². The number of aryl methyl sites for hydroxylation is 2. The topological polar surface area (TPSA) is 86.8 Å². The number of rotatable bonds is 11. The van der Waals surface area contributed by atoms with Gasteiger partial charge in [-0.05, 0) is 68.9 Å². The van der Waals surface area contributed by atoms with Gasteiger partial charge in [0.15, 0.2) is 0 Å². The number of sulfonamides is 1. The summed E-state index contributed by atoms with van der Waals surface area (Å²) in [4.78, 5) is 28.4. The van der Waals surface area contributed by atoms with Crippen LogP contribution in [0.5, 0.6) is 0 Å². The maximum atomic E-state index is 13.5. The molecule has 2 aromatic rings. The second kappa shape index (κ2) is 13.5. The number of benzene rings is 2. The van der Waals surface area contributed by atoms with Crippen LogP contribution in [0.25, 0.3) is 0 Å². The van der Waals surface area contributed by atoms with Gasteiger partial charge in [0.1, 0.15) is 6.04 Å². The molecule has 7 nitrogen and oxygen atoms in total. The van der Waals surface area contributed by atoms with Crippen molar-refractivity contribution in [3.05, 3.63) is 64.2 Å². The summed E-state index contributed by atoms with van der Waals surface area (Å²) in [7, 11) is -3.59. The van der Waals surface area contributed by atoms with Gasteiger partial charge in [0.2, 0.25) is 21.8 Å². The van der Waals surface area contributed by atoms with Crippen molar-refractivity contribution in [2.24, 2.45) is 0 Å². The van der Waals surface area contributed by atoms with Crippen molar-refractivity contribution >= 4 is 39.1 Å². The third-order valence-electron chi connectivity index (χ3n) is 7.31. The van der Waals surface area contributed by atoms with E-state index in [0.717, 1.165) is 48.6 Å². The van der Waals surface area contributed by atoms with Crippen LogP contribution in [0.2, 0.25) is 5.02 Å². The Morgan fingerprint density at radius 3 is 2.39 bits per heavy atom. The SMILES string of the molecule is Cc1ccccc1CN(C(=O)CCCN(c1cc(Cl)ccc1C)S(C)(=O)=O)[C@@H](C)C(=O)NC1CCCCC1. The Balaban J connectivity index is 1.75. The summed E-state index contributed by atoms with van der Waals surface area (Å²) < 4.78 is 26.5. The molecule has 9 heteroatoms. The quantitative estimate of drug-likeness (QED) is 0.399. The fourth-order valence-corrected chi connectivity index (χ4v) is 6.14. The molecule has 1 saturated carbocycles. The number of carbonyl (C=O) groups is 2. The normalized spacial score (nSPS) is 15.1. The van der Waals surface area contributed by atoms with Gasteiger partial charge in [0.05, 0.1) is 11.9 Å². The number of amides is 2. The predicted molar refractivity (Wildman–Crippen MR) is 154 cm³/mol. The standard InChI is InChI=1S/C29H40ClN3O4S/c1-21-11-8-9-12-24(21)20-32(23(3)29(35)31-26-13-6-5-7-14-26)28(34)15-10-18-33(38(4,36)37)27-19-25(30)17-16-22(27)2/h8-9,11-12,16-17,19,23,26H,5-7,10,13-15,18,20H2,1-4H3,(H,31,35)/t23-/m0/s1. The van der Waals surface area contributed by atoms with E-state index in [1.807, 2.05) is 38.1 Å². The van der Waals surface area contributed by atoms with E-state index in [1.165, 1.54) is 10.7 Å². The molecule has 38 heavy (non-hydrogen) atoms. The summed E-state index contributed by atoms with van der Waals surface area (Å²) in [5, 5.41) is 3.59. The van der Waals surface area contributed by atoms with Gasteiger partial charge >= 0.3 is 0 Å². The van der Waals surface area contributed by atoms with Crippen LogP contribution in [-0.4, -0.2) is 50.0 Å². The van der Waals surface area contributed by atoms with Crippen LogP contribution in [-0.2, 0) is 26.2 Å². The molecule has 0 aliphatic heterocycles. The number of nitrogens with one attached hydrogen (secondary N) is 1. The first kappa shape index (κ1) is 30.0.